The summed E-state index contributed by atoms with van der Waals surface area (Å²) >= 11 is 0. The largest absolute Gasteiger partial charge is 0.322 e. The third-order valence-corrected chi connectivity index (χ3v) is 4.78. The van der Waals surface area contributed by atoms with Crippen molar-refractivity contribution in [1.82, 2.24) is 14.9 Å². The summed E-state index contributed by atoms with van der Waals surface area (Å²) in [5.74, 6) is -0.317. The summed E-state index contributed by atoms with van der Waals surface area (Å²) in [7, 11) is 0. The van der Waals surface area contributed by atoms with Gasteiger partial charge in [-0.05, 0) is 37.5 Å². The van der Waals surface area contributed by atoms with Crippen molar-refractivity contribution >= 4 is 11.7 Å². The first-order valence-electron chi connectivity index (χ1n) is 7.77. The Balaban J connectivity index is 1.59. The molecule has 5 nitrogen and oxygen atoms in total. The van der Waals surface area contributed by atoms with Crippen molar-refractivity contribution in [3.8, 4) is 0 Å². The molecule has 118 valence electrons. The summed E-state index contributed by atoms with van der Waals surface area (Å²) in [6.45, 7) is 1.70. The third kappa shape index (κ3) is 2.34. The van der Waals surface area contributed by atoms with E-state index in [0.717, 1.165) is 30.5 Å². The molecule has 1 aromatic carbocycles. The second-order valence-corrected chi connectivity index (χ2v) is 6.18. The van der Waals surface area contributed by atoms with E-state index in [9.17, 15) is 9.18 Å². The van der Waals surface area contributed by atoms with Gasteiger partial charge in [-0.15, -0.1) is 0 Å². The smallest absolute Gasteiger partial charge is 0.314 e. The molecule has 1 aromatic heterocycles. The van der Waals surface area contributed by atoms with E-state index in [1.54, 1.807) is 31.6 Å². The van der Waals surface area contributed by atoms with Crippen molar-refractivity contribution in [1.29, 1.82) is 0 Å². The molecule has 3 heterocycles. The molecule has 4 rings (SSSR count). The molecule has 0 spiro atoms. The van der Waals surface area contributed by atoms with Crippen LogP contribution in [0.5, 0.6) is 0 Å². The van der Waals surface area contributed by atoms with E-state index >= 15 is 0 Å². The van der Waals surface area contributed by atoms with Crippen LogP contribution in [0.1, 0.15) is 35.7 Å². The van der Waals surface area contributed by atoms with E-state index < -0.39 is 0 Å². The number of halogens is 1. The molecule has 6 heteroatoms. The number of aromatic nitrogens is 2. The van der Waals surface area contributed by atoms with Gasteiger partial charge in [0, 0.05) is 29.9 Å². The number of hydrogen-bond acceptors (Lipinski definition) is 3. The molecular formula is C17H17FN4O. The zero-order chi connectivity index (χ0) is 16.0. The number of rotatable bonds is 1. The van der Waals surface area contributed by atoms with Crippen LogP contribution in [0, 0.1) is 12.7 Å². The summed E-state index contributed by atoms with van der Waals surface area (Å²) in [5, 5.41) is 2.82. The topological polar surface area (TPSA) is 58.1 Å². The number of nitrogens with one attached hydrogen (secondary N) is 1. The van der Waals surface area contributed by atoms with E-state index in [1.807, 2.05) is 4.90 Å². The minimum Gasteiger partial charge on any atom is -0.314 e. The molecule has 2 aromatic rings. The predicted octanol–water partition coefficient (Wildman–Crippen LogP) is 3.22. The Morgan fingerprint density at radius 3 is 3.09 bits per heavy atom. The van der Waals surface area contributed by atoms with Crippen molar-refractivity contribution in [2.24, 2.45) is 0 Å². The monoisotopic (exact) mass is 312 g/mol. The van der Waals surface area contributed by atoms with Crippen LogP contribution in [-0.4, -0.2) is 26.9 Å². The van der Waals surface area contributed by atoms with Crippen LogP contribution in [0.2, 0.25) is 0 Å². The van der Waals surface area contributed by atoms with Gasteiger partial charge in [0.05, 0.1) is 11.7 Å². The lowest BCUT2D eigenvalue weighted by atomic mass is 10.00. The Labute approximate surface area is 133 Å². The first kappa shape index (κ1) is 14.1. The van der Waals surface area contributed by atoms with Gasteiger partial charge in [-0.25, -0.2) is 19.2 Å². The summed E-state index contributed by atoms with van der Waals surface area (Å²) in [4.78, 5) is 23.0. The van der Waals surface area contributed by atoms with E-state index in [0.29, 0.717) is 11.3 Å². The highest BCUT2D eigenvalue weighted by molar-refractivity contribution is 5.90. The quantitative estimate of drug-likeness (QED) is 0.879. The first-order chi connectivity index (χ1) is 11.1. The molecule has 2 bridgehead atoms. The summed E-state index contributed by atoms with van der Waals surface area (Å²) in [5.41, 5.74) is 3.11. The van der Waals surface area contributed by atoms with Crippen molar-refractivity contribution in [2.75, 3.05) is 5.32 Å². The Kier molecular flexibility index (Phi) is 3.25. The molecule has 1 saturated heterocycles. The van der Waals surface area contributed by atoms with Gasteiger partial charge < -0.3 is 10.2 Å². The Morgan fingerprint density at radius 1 is 1.39 bits per heavy atom. The fourth-order valence-corrected chi connectivity index (χ4v) is 3.59. The van der Waals surface area contributed by atoms with Crippen LogP contribution in [0.3, 0.4) is 0 Å². The Hall–Kier alpha value is -2.50. The molecule has 1 N–H and O–H groups in total. The number of carbonyl (C=O) groups excluding carboxylic acids is 1. The maximum Gasteiger partial charge on any atom is 0.322 e. The maximum absolute atomic E-state index is 13.7. The first-order valence-corrected chi connectivity index (χ1v) is 7.77. The Morgan fingerprint density at radius 2 is 2.26 bits per heavy atom. The molecule has 0 aliphatic carbocycles. The van der Waals surface area contributed by atoms with Crippen LogP contribution < -0.4 is 5.32 Å². The average Bonchev–Trinajstić information content (AvgIpc) is 2.86. The minimum atomic E-state index is -0.317. The number of benzene rings is 1. The highest BCUT2D eigenvalue weighted by Crippen LogP contribution is 2.42. The fraction of sp³-hybridized carbons (Fsp3) is 0.353. The number of anilines is 1. The lowest BCUT2D eigenvalue weighted by Crippen LogP contribution is -2.44. The van der Waals surface area contributed by atoms with Crippen molar-refractivity contribution < 1.29 is 9.18 Å². The van der Waals surface area contributed by atoms with Gasteiger partial charge >= 0.3 is 6.03 Å². The van der Waals surface area contributed by atoms with Gasteiger partial charge in [0.25, 0.3) is 0 Å². The lowest BCUT2D eigenvalue weighted by molar-refractivity contribution is 0.178. The zero-order valence-corrected chi connectivity index (χ0v) is 12.8. The number of nitrogens with zero attached hydrogens (tertiary/aromatic N) is 3. The van der Waals surface area contributed by atoms with Gasteiger partial charge in [-0.3, -0.25) is 0 Å². The van der Waals surface area contributed by atoms with E-state index in [4.69, 9.17) is 0 Å². The molecule has 0 radical (unpaired) electrons. The standard InChI is InChI=1S/C17H17FN4O/c1-10-2-3-11(6-14(10)18)21-17(23)22-12-4-5-16(22)13-8-19-9-20-15(13)7-12/h2-3,6,8-9,12,16H,4-5,7H2,1H3,(H,21,23)/t12-,16+/m0/s1. The van der Waals surface area contributed by atoms with Gasteiger partial charge in [0.1, 0.15) is 12.1 Å². The molecule has 2 amide bonds. The second kappa shape index (κ2) is 5.30. The van der Waals surface area contributed by atoms with Crippen molar-refractivity contribution in [3.05, 3.63) is 53.4 Å². The normalized spacial score (nSPS) is 21.9. The number of carbonyl (C=O) groups is 1. The van der Waals surface area contributed by atoms with Gasteiger partial charge in [0.15, 0.2) is 0 Å². The average molecular weight is 312 g/mol. The molecule has 0 saturated carbocycles. The Bertz CT molecular complexity index is 779. The number of amides is 2. The van der Waals surface area contributed by atoms with Crippen LogP contribution in [0.25, 0.3) is 0 Å². The van der Waals surface area contributed by atoms with Gasteiger partial charge in [-0.2, -0.15) is 0 Å². The summed E-state index contributed by atoms with van der Waals surface area (Å²) in [6.07, 6.45) is 5.99. The number of fused-ring (bicyclic) bond motifs is 4. The van der Waals surface area contributed by atoms with Crippen LogP contribution in [0.15, 0.2) is 30.7 Å². The highest BCUT2D eigenvalue weighted by Gasteiger charge is 2.43. The summed E-state index contributed by atoms with van der Waals surface area (Å²) in [6, 6.07) is 4.72. The van der Waals surface area contributed by atoms with Crippen molar-refractivity contribution in [2.45, 2.75) is 38.3 Å². The molecule has 2 aliphatic heterocycles. The third-order valence-electron chi connectivity index (χ3n) is 4.78. The summed E-state index contributed by atoms with van der Waals surface area (Å²) < 4.78 is 13.7. The number of aryl methyl sites for hydroxylation is 1. The van der Waals surface area contributed by atoms with E-state index in [1.165, 1.54) is 6.07 Å². The SMILES string of the molecule is Cc1ccc(NC(=O)N2[C@H]3CC[C@@H]2c2cncnc2C3)cc1F. The molecule has 2 atom stereocenters. The molecule has 23 heavy (non-hydrogen) atoms. The molecule has 1 fully saturated rings. The van der Waals surface area contributed by atoms with E-state index in [2.05, 4.69) is 15.3 Å². The lowest BCUT2D eigenvalue weighted by Gasteiger charge is -2.35. The number of hydrogen-bond donors (Lipinski definition) is 1. The van der Waals surface area contributed by atoms with Gasteiger partial charge in [0.2, 0.25) is 0 Å². The van der Waals surface area contributed by atoms with Crippen LogP contribution in [0.4, 0.5) is 14.9 Å². The number of urea groups is 1. The van der Waals surface area contributed by atoms with E-state index in [-0.39, 0.29) is 23.9 Å². The maximum atomic E-state index is 13.7. The van der Waals surface area contributed by atoms with Gasteiger partial charge in [-0.1, -0.05) is 6.07 Å². The fourth-order valence-electron chi connectivity index (χ4n) is 3.59. The van der Waals surface area contributed by atoms with Crippen molar-refractivity contribution in [3.63, 3.8) is 0 Å². The second-order valence-electron chi connectivity index (χ2n) is 6.18. The zero-order valence-electron chi connectivity index (χ0n) is 12.8. The molecule has 0 unspecified atom stereocenters. The molecule has 2 aliphatic rings. The van der Waals surface area contributed by atoms with Crippen LogP contribution in [-0.2, 0) is 6.42 Å². The molecular weight excluding hydrogens is 295 g/mol. The van der Waals surface area contributed by atoms with Crippen LogP contribution >= 0.6 is 0 Å². The minimum absolute atomic E-state index is 0.0141. The predicted molar refractivity (Wildman–Crippen MR) is 83.5 cm³/mol. The highest BCUT2D eigenvalue weighted by atomic mass is 19.1.